The molecule has 0 saturated carbocycles. The molecule has 0 spiro atoms. The van der Waals surface area contributed by atoms with Crippen molar-refractivity contribution in [1.82, 2.24) is 10.2 Å². The van der Waals surface area contributed by atoms with Crippen molar-refractivity contribution < 1.29 is 14.3 Å². The van der Waals surface area contributed by atoms with Crippen LogP contribution in [0.25, 0.3) is 0 Å². The molecule has 30 heavy (non-hydrogen) atoms. The molecule has 0 bridgehead atoms. The molecular weight excluding hydrogens is 376 g/mol. The molecule has 162 valence electrons. The summed E-state index contributed by atoms with van der Waals surface area (Å²) in [5.41, 5.74) is 3.44. The van der Waals surface area contributed by atoms with Gasteiger partial charge in [0.05, 0.1) is 14.2 Å². The molecule has 1 amide bonds. The molecule has 5 nitrogen and oxygen atoms in total. The Labute approximate surface area is 180 Å². The van der Waals surface area contributed by atoms with Crippen molar-refractivity contribution in [2.24, 2.45) is 5.92 Å². The molecule has 2 aromatic rings. The number of hydrogen-bond donors (Lipinski definition) is 1. The summed E-state index contributed by atoms with van der Waals surface area (Å²) >= 11 is 0. The largest absolute Gasteiger partial charge is 0.493 e. The maximum absolute atomic E-state index is 12.3. The summed E-state index contributed by atoms with van der Waals surface area (Å²) in [6.45, 7) is 6.28. The Bertz CT molecular complexity index is 820. The Kier molecular flexibility index (Phi) is 8.14. The maximum atomic E-state index is 12.3. The van der Waals surface area contributed by atoms with Gasteiger partial charge in [0.2, 0.25) is 5.91 Å². The van der Waals surface area contributed by atoms with Gasteiger partial charge in [0.25, 0.3) is 0 Å². The third kappa shape index (κ3) is 6.23. The van der Waals surface area contributed by atoms with Crippen LogP contribution >= 0.6 is 0 Å². The van der Waals surface area contributed by atoms with Crippen molar-refractivity contribution in [3.8, 4) is 11.5 Å². The zero-order chi connectivity index (χ0) is 21.3. The topological polar surface area (TPSA) is 50.8 Å². The van der Waals surface area contributed by atoms with Crippen molar-refractivity contribution in [3.05, 3.63) is 59.2 Å². The molecule has 1 atom stereocenters. The van der Waals surface area contributed by atoms with Gasteiger partial charge in [-0.15, -0.1) is 0 Å². The van der Waals surface area contributed by atoms with Crippen LogP contribution in [0.15, 0.2) is 42.5 Å². The van der Waals surface area contributed by atoms with Crippen LogP contribution in [0.2, 0.25) is 0 Å². The highest BCUT2D eigenvalue weighted by molar-refractivity contribution is 5.76. The number of methoxy groups -OCH3 is 2. The third-order valence-corrected chi connectivity index (χ3v) is 5.77. The zero-order valence-corrected chi connectivity index (χ0v) is 18.4. The van der Waals surface area contributed by atoms with Crippen LogP contribution in [0.4, 0.5) is 0 Å². The predicted molar refractivity (Wildman–Crippen MR) is 120 cm³/mol. The average Bonchev–Trinajstić information content (AvgIpc) is 2.76. The van der Waals surface area contributed by atoms with Crippen LogP contribution in [0.1, 0.15) is 42.9 Å². The molecule has 0 radical (unpaired) electrons. The van der Waals surface area contributed by atoms with E-state index in [2.05, 4.69) is 41.4 Å². The molecule has 0 aromatic heterocycles. The molecule has 1 aliphatic heterocycles. The molecule has 1 heterocycles. The minimum Gasteiger partial charge on any atom is -0.493 e. The van der Waals surface area contributed by atoms with E-state index in [4.69, 9.17) is 9.47 Å². The fourth-order valence-corrected chi connectivity index (χ4v) is 4.14. The number of amides is 1. The number of hydrogen-bond acceptors (Lipinski definition) is 4. The number of benzene rings is 2. The second-order valence-corrected chi connectivity index (χ2v) is 8.23. The summed E-state index contributed by atoms with van der Waals surface area (Å²) in [5.74, 6) is 2.22. The third-order valence-electron chi connectivity index (χ3n) is 5.77. The Morgan fingerprint density at radius 2 is 1.87 bits per heavy atom. The number of carbonyl (C=O) groups excluding carboxylic acids is 1. The van der Waals surface area contributed by atoms with Gasteiger partial charge >= 0.3 is 0 Å². The standard InChI is InChI=1S/C25H34N2O3/c1-19-6-5-15-27(17-19)18-21-11-9-20(10-12-21)16-26-24(28)14-13-22-7-4-8-23(29-2)25(22)30-3/h4,7-12,19H,5-6,13-18H2,1-3H3,(H,26,28)/t19-/m1/s1. The van der Waals surface area contributed by atoms with Gasteiger partial charge in [0.1, 0.15) is 0 Å². The van der Waals surface area contributed by atoms with E-state index in [1.165, 1.54) is 31.5 Å². The number of nitrogens with one attached hydrogen (secondary N) is 1. The minimum atomic E-state index is 0.0336. The summed E-state index contributed by atoms with van der Waals surface area (Å²) in [7, 11) is 3.24. The van der Waals surface area contributed by atoms with Crippen LogP contribution < -0.4 is 14.8 Å². The van der Waals surface area contributed by atoms with E-state index < -0.39 is 0 Å². The van der Waals surface area contributed by atoms with Crippen LogP contribution in [0.3, 0.4) is 0 Å². The van der Waals surface area contributed by atoms with Gasteiger partial charge < -0.3 is 14.8 Å². The normalized spacial score (nSPS) is 16.8. The molecule has 0 aliphatic carbocycles. The van der Waals surface area contributed by atoms with Crippen molar-refractivity contribution in [2.75, 3.05) is 27.3 Å². The molecule has 1 fully saturated rings. The van der Waals surface area contributed by atoms with Crippen LogP contribution in [-0.4, -0.2) is 38.1 Å². The van der Waals surface area contributed by atoms with Gasteiger partial charge in [-0.1, -0.05) is 43.3 Å². The van der Waals surface area contributed by atoms with Gasteiger partial charge in [0, 0.05) is 26.1 Å². The number of piperidine rings is 1. The monoisotopic (exact) mass is 410 g/mol. The number of ether oxygens (including phenoxy) is 2. The Morgan fingerprint density at radius 1 is 1.10 bits per heavy atom. The second kappa shape index (κ2) is 11.0. The number of nitrogens with zero attached hydrogens (tertiary/aromatic N) is 1. The van der Waals surface area contributed by atoms with Crippen LogP contribution in [0.5, 0.6) is 11.5 Å². The van der Waals surface area contributed by atoms with E-state index in [0.29, 0.717) is 30.9 Å². The summed E-state index contributed by atoms with van der Waals surface area (Å²) in [6, 6.07) is 14.3. The Morgan fingerprint density at radius 3 is 2.57 bits per heavy atom. The quantitative estimate of drug-likeness (QED) is 0.674. The molecular formula is C25H34N2O3. The first kappa shape index (κ1) is 22.2. The Balaban J connectivity index is 1.45. The van der Waals surface area contributed by atoms with Gasteiger partial charge in [0.15, 0.2) is 11.5 Å². The van der Waals surface area contributed by atoms with Crippen LogP contribution in [-0.2, 0) is 24.3 Å². The molecule has 2 aromatic carbocycles. The first-order chi connectivity index (χ1) is 14.6. The molecule has 1 saturated heterocycles. The van der Waals surface area contributed by atoms with Gasteiger partial charge in [-0.2, -0.15) is 0 Å². The number of likely N-dealkylation sites (tertiary alicyclic amines) is 1. The molecule has 1 aliphatic rings. The average molecular weight is 411 g/mol. The van der Waals surface area contributed by atoms with E-state index in [9.17, 15) is 4.79 Å². The van der Waals surface area contributed by atoms with Crippen molar-refractivity contribution in [1.29, 1.82) is 0 Å². The van der Waals surface area contributed by atoms with Gasteiger partial charge in [-0.25, -0.2) is 0 Å². The smallest absolute Gasteiger partial charge is 0.220 e. The lowest BCUT2D eigenvalue weighted by Crippen LogP contribution is -2.33. The zero-order valence-electron chi connectivity index (χ0n) is 18.4. The lowest BCUT2D eigenvalue weighted by Gasteiger charge is -2.30. The fraction of sp³-hybridized carbons (Fsp3) is 0.480. The van der Waals surface area contributed by atoms with Crippen LogP contribution in [0, 0.1) is 5.92 Å². The molecule has 0 unspecified atom stereocenters. The summed E-state index contributed by atoms with van der Waals surface area (Å²) in [6.07, 6.45) is 3.67. The van der Waals surface area contributed by atoms with Crippen molar-refractivity contribution in [2.45, 2.75) is 45.7 Å². The highest BCUT2D eigenvalue weighted by Gasteiger charge is 2.16. The van der Waals surface area contributed by atoms with E-state index in [0.717, 1.165) is 23.6 Å². The van der Waals surface area contributed by atoms with E-state index >= 15 is 0 Å². The summed E-state index contributed by atoms with van der Waals surface area (Å²) < 4.78 is 10.8. The summed E-state index contributed by atoms with van der Waals surface area (Å²) in [4.78, 5) is 14.9. The maximum Gasteiger partial charge on any atom is 0.220 e. The van der Waals surface area contributed by atoms with Crippen molar-refractivity contribution in [3.63, 3.8) is 0 Å². The Hall–Kier alpha value is -2.53. The van der Waals surface area contributed by atoms with E-state index in [1.54, 1.807) is 14.2 Å². The first-order valence-corrected chi connectivity index (χ1v) is 10.9. The van der Waals surface area contributed by atoms with E-state index in [-0.39, 0.29) is 5.91 Å². The highest BCUT2D eigenvalue weighted by Crippen LogP contribution is 2.31. The lowest BCUT2D eigenvalue weighted by atomic mass is 9.99. The number of rotatable bonds is 9. The summed E-state index contributed by atoms with van der Waals surface area (Å²) in [5, 5.41) is 3.02. The first-order valence-electron chi connectivity index (χ1n) is 10.9. The molecule has 3 rings (SSSR count). The van der Waals surface area contributed by atoms with Gasteiger partial charge in [-0.05, 0) is 54.5 Å². The second-order valence-electron chi connectivity index (χ2n) is 8.23. The molecule has 5 heteroatoms. The van der Waals surface area contributed by atoms with E-state index in [1.807, 2.05) is 18.2 Å². The van der Waals surface area contributed by atoms with Gasteiger partial charge in [-0.3, -0.25) is 9.69 Å². The molecule has 1 N–H and O–H groups in total. The SMILES string of the molecule is COc1cccc(CCC(=O)NCc2ccc(CN3CCC[C@@H](C)C3)cc2)c1OC. The number of aryl methyl sites for hydroxylation is 1. The fourth-order valence-electron chi connectivity index (χ4n) is 4.14. The number of para-hydroxylation sites is 1. The highest BCUT2D eigenvalue weighted by atomic mass is 16.5. The minimum absolute atomic E-state index is 0.0336. The number of carbonyl (C=O) groups is 1. The lowest BCUT2D eigenvalue weighted by molar-refractivity contribution is -0.121. The van der Waals surface area contributed by atoms with Crippen molar-refractivity contribution >= 4 is 5.91 Å². The predicted octanol–water partition coefficient (Wildman–Crippen LogP) is 4.18.